The Morgan fingerprint density at radius 1 is 1.40 bits per heavy atom. The minimum Gasteiger partial charge on any atom is -0.405 e. The van der Waals surface area contributed by atoms with Crippen molar-refractivity contribution in [2.24, 2.45) is 0 Å². The van der Waals surface area contributed by atoms with E-state index in [9.17, 15) is 13.2 Å². The van der Waals surface area contributed by atoms with Gasteiger partial charge in [0.05, 0.1) is 4.90 Å². The number of thioether (sulfide) groups is 1. The molecule has 0 radical (unpaired) electrons. The number of anilines is 1. The molecule has 1 aromatic carbocycles. The van der Waals surface area contributed by atoms with Crippen LogP contribution in [0.3, 0.4) is 0 Å². The Kier molecular flexibility index (Phi) is 3.77. The normalized spacial score (nSPS) is 11.5. The number of nitrogens with two attached hydrogens (primary N) is 1. The summed E-state index contributed by atoms with van der Waals surface area (Å²) < 4.78 is 40.4. The lowest BCUT2D eigenvalue weighted by Gasteiger charge is -2.13. The van der Waals surface area contributed by atoms with Gasteiger partial charge in [0.15, 0.2) is 0 Å². The summed E-state index contributed by atoms with van der Waals surface area (Å²) >= 11 is 4.27. The van der Waals surface area contributed by atoms with Gasteiger partial charge in [-0.25, -0.2) is 0 Å². The summed E-state index contributed by atoms with van der Waals surface area (Å²) in [6.07, 6.45) is -3.05. The quantitative estimate of drug-likeness (QED) is 0.669. The summed E-state index contributed by atoms with van der Waals surface area (Å²) in [5, 5.41) is 0. The Morgan fingerprint density at radius 3 is 2.47 bits per heavy atom. The van der Waals surface area contributed by atoms with Crippen LogP contribution in [-0.2, 0) is 0 Å². The highest BCUT2D eigenvalue weighted by Crippen LogP contribution is 2.37. The average molecular weight is 302 g/mol. The first-order valence-electron chi connectivity index (χ1n) is 3.72. The van der Waals surface area contributed by atoms with Gasteiger partial charge >= 0.3 is 6.36 Å². The van der Waals surface area contributed by atoms with E-state index in [4.69, 9.17) is 5.73 Å². The summed E-state index contributed by atoms with van der Waals surface area (Å²) in [7, 11) is 0. The molecule has 0 saturated carbocycles. The molecule has 0 bridgehead atoms. The molecule has 0 aliphatic rings. The third kappa shape index (κ3) is 3.49. The first kappa shape index (κ1) is 12.5. The van der Waals surface area contributed by atoms with Crippen molar-refractivity contribution in [2.45, 2.75) is 11.3 Å². The molecule has 0 saturated heterocycles. The molecule has 0 aromatic heterocycles. The van der Waals surface area contributed by atoms with Crippen molar-refractivity contribution in [2.75, 3.05) is 12.0 Å². The van der Waals surface area contributed by atoms with Gasteiger partial charge < -0.3 is 10.5 Å². The third-order valence-electron chi connectivity index (χ3n) is 1.51. The number of hydrogen-bond donors (Lipinski definition) is 1. The van der Waals surface area contributed by atoms with Crippen molar-refractivity contribution < 1.29 is 17.9 Å². The number of halogens is 4. The van der Waals surface area contributed by atoms with Crippen molar-refractivity contribution in [3.63, 3.8) is 0 Å². The molecule has 1 rings (SSSR count). The largest absolute Gasteiger partial charge is 0.573 e. The van der Waals surface area contributed by atoms with Gasteiger partial charge in [-0.3, -0.25) is 0 Å². The van der Waals surface area contributed by atoms with Crippen LogP contribution in [0, 0.1) is 0 Å². The minimum absolute atomic E-state index is 0.201. The fraction of sp³-hybridized carbons (Fsp3) is 0.250. The van der Waals surface area contributed by atoms with Crippen LogP contribution in [0.2, 0.25) is 0 Å². The van der Waals surface area contributed by atoms with Gasteiger partial charge in [-0.2, -0.15) is 0 Å². The van der Waals surface area contributed by atoms with Gasteiger partial charge in [-0.05, 0) is 28.3 Å². The fourth-order valence-electron chi connectivity index (χ4n) is 0.915. The van der Waals surface area contributed by atoms with Gasteiger partial charge in [-0.1, -0.05) is 0 Å². The smallest absolute Gasteiger partial charge is 0.405 e. The Morgan fingerprint density at radius 2 is 2.00 bits per heavy atom. The topological polar surface area (TPSA) is 35.2 Å². The summed E-state index contributed by atoms with van der Waals surface area (Å²) in [5.74, 6) is -0.282. The maximum atomic E-state index is 12.0. The molecule has 0 atom stereocenters. The Balaban J connectivity index is 3.11. The molecule has 1 aromatic rings. The number of rotatable bonds is 2. The first-order chi connectivity index (χ1) is 6.83. The molecular weight excluding hydrogens is 295 g/mol. The van der Waals surface area contributed by atoms with E-state index in [-0.39, 0.29) is 11.4 Å². The molecule has 84 valence electrons. The fourth-order valence-corrected chi connectivity index (χ4v) is 1.95. The molecular formula is C8H7BrF3NOS. The van der Waals surface area contributed by atoms with Crippen LogP contribution < -0.4 is 10.5 Å². The molecule has 7 heteroatoms. The average Bonchev–Trinajstić information content (AvgIpc) is 2.08. The molecule has 0 fully saturated rings. The van der Waals surface area contributed by atoms with E-state index >= 15 is 0 Å². The van der Waals surface area contributed by atoms with Gasteiger partial charge in [0.25, 0.3) is 0 Å². The van der Waals surface area contributed by atoms with Crippen LogP contribution in [-0.4, -0.2) is 12.6 Å². The van der Waals surface area contributed by atoms with Crippen LogP contribution in [0.4, 0.5) is 18.9 Å². The third-order valence-corrected chi connectivity index (χ3v) is 2.95. The lowest BCUT2D eigenvalue weighted by Crippen LogP contribution is -2.17. The van der Waals surface area contributed by atoms with E-state index in [0.29, 0.717) is 9.37 Å². The zero-order chi connectivity index (χ0) is 11.6. The monoisotopic (exact) mass is 301 g/mol. The van der Waals surface area contributed by atoms with Gasteiger partial charge in [-0.15, -0.1) is 24.9 Å². The number of benzene rings is 1. The number of ether oxygens (including phenoxy) is 1. The van der Waals surface area contributed by atoms with E-state index in [1.165, 1.54) is 6.07 Å². The van der Waals surface area contributed by atoms with Gasteiger partial charge in [0.2, 0.25) is 0 Å². The van der Waals surface area contributed by atoms with Gasteiger partial charge in [0, 0.05) is 16.2 Å². The summed E-state index contributed by atoms with van der Waals surface area (Å²) in [5.41, 5.74) is 5.66. The summed E-state index contributed by atoms with van der Waals surface area (Å²) in [6.45, 7) is 0. The van der Waals surface area contributed by atoms with E-state index in [1.54, 1.807) is 6.26 Å². The van der Waals surface area contributed by atoms with Crippen molar-refractivity contribution in [3.05, 3.63) is 16.6 Å². The highest BCUT2D eigenvalue weighted by Gasteiger charge is 2.32. The summed E-state index contributed by atoms with van der Waals surface area (Å²) in [6, 6.07) is 2.63. The molecule has 15 heavy (non-hydrogen) atoms. The molecule has 2 N–H and O–H groups in total. The number of hydrogen-bond acceptors (Lipinski definition) is 3. The number of alkyl halides is 3. The maximum absolute atomic E-state index is 12.0. The second-order valence-electron chi connectivity index (χ2n) is 2.57. The van der Waals surface area contributed by atoms with Crippen molar-refractivity contribution in [1.29, 1.82) is 0 Å². The molecule has 0 unspecified atom stereocenters. The zero-order valence-corrected chi connectivity index (χ0v) is 9.96. The van der Waals surface area contributed by atoms with Crippen LogP contribution in [0.15, 0.2) is 21.5 Å². The standard InChI is InChI=1S/C8H7BrF3NOS/c1-15-7-2-4(9)5(13)3-6(7)14-8(10,11)12/h2-3H,13H2,1H3. The lowest BCUT2D eigenvalue weighted by atomic mass is 10.3. The van der Waals surface area contributed by atoms with Crippen LogP contribution in [0.25, 0.3) is 0 Å². The second kappa shape index (κ2) is 4.52. The Labute approximate surface area is 97.1 Å². The number of nitrogen functional groups attached to an aromatic ring is 1. The van der Waals surface area contributed by atoms with E-state index in [1.807, 2.05) is 0 Å². The summed E-state index contributed by atoms with van der Waals surface area (Å²) in [4.78, 5) is 0.369. The first-order valence-corrected chi connectivity index (χ1v) is 5.74. The SMILES string of the molecule is CSc1cc(Br)c(N)cc1OC(F)(F)F. The second-order valence-corrected chi connectivity index (χ2v) is 4.27. The van der Waals surface area contributed by atoms with E-state index in [0.717, 1.165) is 17.8 Å². The highest BCUT2D eigenvalue weighted by molar-refractivity contribution is 9.10. The molecule has 0 spiro atoms. The van der Waals surface area contributed by atoms with E-state index < -0.39 is 6.36 Å². The molecule has 0 amide bonds. The van der Waals surface area contributed by atoms with Crippen LogP contribution >= 0.6 is 27.7 Å². The van der Waals surface area contributed by atoms with E-state index in [2.05, 4.69) is 20.7 Å². The minimum atomic E-state index is -4.70. The van der Waals surface area contributed by atoms with Gasteiger partial charge in [0.1, 0.15) is 5.75 Å². The maximum Gasteiger partial charge on any atom is 0.573 e. The Hall–Kier alpha value is -0.560. The molecule has 2 nitrogen and oxygen atoms in total. The van der Waals surface area contributed by atoms with Crippen molar-refractivity contribution in [3.8, 4) is 5.75 Å². The zero-order valence-electron chi connectivity index (χ0n) is 7.56. The molecule has 0 aliphatic heterocycles. The molecule has 0 aliphatic carbocycles. The predicted molar refractivity (Wildman–Crippen MR) is 57.0 cm³/mol. The van der Waals surface area contributed by atoms with Crippen LogP contribution in [0.5, 0.6) is 5.75 Å². The van der Waals surface area contributed by atoms with Crippen molar-refractivity contribution in [1.82, 2.24) is 0 Å². The van der Waals surface area contributed by atoms with Crippen LogP contribution in [0.1, 0.15) is 0 Å². The lowest BCUT2D eigenvalue weighted by molar-refractivity contribution is -0.275. The van der Waals surface area contributed by atoms with Crippen molar-refractivity contribution >= 4 is 33.4 Å². The highest BCUT2D eigenvalue weighted by atomic mass is 79.9. The Bertz CT molecular complexity index is 370. The predicted octanol–water partition coefficient (Wildman–Crippen LogP) is 3.65. The molecule has 0 heterocycles.